The third kappa shape index (κ3) is 5.56. The highest BCUT2D eigenvalue weighted by molar-refractivity contribution is 5.80. The highest BCUT2D eigenvalue weighted by atomic mass is 16.1. The molecular weight excluding hydrogens is 162 g/mol. The monoisotopic (exact) mass is 181 g/mol. The summed E-state index contributed by atoms with van der Waals surface area (Å²) in [6, 6.07) is 0. The molecule has 0 aromatic carbocycles. The van der Waals surface area contributed by atoms with Crippen LogP contribution < -0.4 is 0 Å². The molecule has 0 amide bonds. The number of carbonyl (C=O) groups excluding carboxylic acids is 1. The SMILES string of the molecule is O=C1CCC=NCCCCCCC1. The highest BCUT2D eigenvalue weighted by Gasteiger charge is 2.01. The molecule has 0 saturated carbocycles. The Hall–Kier alpha value is -0.660. The molecule has 0 radical (unpaired) electrons. The largest absolute Gasteiger partial charge is 0.300 e. The van der Waals surface area contributed by atoms with Gasteiger partial charge in [0.15, 0.2) is 0 Å². The lowest BCUT2D eigenvalue weighted by molar-refractivity contribution is -0.119. The van der Waals surface area contributed by atoms with Gasteiger partial charge in [0, 0.05) is 19.4 Å². The molecule has 0 fully saturated rings. The smallest absolute Gasteiger partial charge is 0.133 e. The lowest BCUT2D eigenvalue weighted by Gasteiger charge is -2.02. The second-order valence-electron chi connectivity index (χ2n) is 3.68. The maximum absolute atomic E-state index is 11.2. The van der Waals surface area contributed by atoms with Gasteiger partial charge in [-0.2, -0.15) is 0 Å². The second-order valence-corrected chi connectivity index (χ2v) is 3.68. The molecule has 0 atom stereocenters. The van der Waals surface area contributed by atoms with E-state index in [1.165, 1.54) is 25.7 Å². The lowest BCUT2D eigenvalue weighted by Crippen LogP contribution is -1.99. The number of nitrogens with zero attached hydrogens (tertiary/aromatic N) is 1. The van der Waals surface area contributed by atoms with Gasteiger partial charge in [-0.15, -0.1) is 0 Å². The van der Waals surface area contributed by atoms with Gasteiger partial charge in [-0.3, -0.25) is 9.79 Å². The van der Waals surface area contributed by atoms with Crippen LogP contribution in [0.2, 0.25) is 0 Å². The summed E-state index contributed by atoms with van der Waals surface area (Å²) in [4.78, 5) is 15.5. The van der Waals surface area contributed by atoms with Crippen molar-refractivity contribution in [3.63, 3.8) is 0 Å². The summed E-state index contributed by atoms with van der Waals surface area (Å²) in [5, 5.41) is 0. The molecular formula is C11H19NO. The summed E-state index contributed by atoms with van der Waals surface area (Å²) in [7, 11) is 0. The molecule has 1 aliphatic rings. The maximum Gasteiger partial charge on any atom is 0.133 e. The Morgan fingerprint density at radius 3 is 2.69 bits per heavy atom. The van der Waals surface area contributed by atoms with E-state index in [-0.39, 0.29) is 0 Å². The number of carbonyl (C=O) groups is 1. The molecule has 0 saturated heterocycles. The lowest BCUT2D eigenvalue weighted by atomic mass is 10.1. The normalized spacial score (nSPS) is 22.0. The number of ketones is 1. The summed E-state index contributed by atoms with van der Waals surface area (Å²) >= 11 is 0. The van der Waals surface area contributed by atoms with Gasteiger partial charge in [-0.05, 0) is 25.5 Å². The minimum Gasteiger partial charge on any atom is -0.300 e. The topological polar surface area (TPSA) is 29.4 Å². The first-order valence-corrected chi connectivity index (χ1v) is 5.39. The summed E-state index contributed by atoms with van der Waals surface area (Å²) in [6.45, 7) is 0.953. The number of aliphatic imine (C=N–C) groups is 1. The minimum atomic E-state index is 0.409. The van der Waals surface area contributed by atoms with Crippen molar-refractivity contribution >= 4 is 12.0 Å². The van der Waals surface area contributed by atoms with Crippen LogP contribution in [0.3, 0.4) is 0 Å². The van der Waals surface area contributed by atoms with E-state index in [4.69, 9.17) is 0 Å². The van der Waals surface area contributed by atoms with Crippen LogP contribution >= 0.6 is 0 Å². The third-order valence-corrected chi connectivity index (χ3v) is 2.42. The van der Waals surface area contributed by atoms with Crippen molar-refractivity contribution in [2.45, 2.75) is 51.4 Å². The zero-order valence-corrected chi connectivity index (χ0v) is 8.30. The molecule has 0 aliphatic carbocycles. The molecule has 1 rings (SSSR count). The fourth-order valence-corrected chi connectivity index (χ4v) is 1.59. The van der Waals surface area contributed by atoms with Gasteiger partial charge < -0.3 is 0 Å². The predicted molar refractivity (Wildman–Crippen MR) is 55.3 cm³/mol. The summed E-state index contributed by atoms with van der Waals surface area (Å²) in [5.41, 5.74) is 0. The molecule has 1 heterocycles. The fraction of sp³-hybridized carbons (Fsp3) is 0.818. The van der Waals surface area contributed by atoms with Crippen LogP contribution in [0.1, 0.15) is 51.4 Å². The van der Waals surface area contributed by atoms with Crippen molar-refractivity contribution in [1.29, 1.82) is 0 Å². The van der Waals surface area contributed by atoms with E-state index in [0.29, 0.717) is 12.2 Å². The number of Topliss-reactive ketones (excluding diaryl/α,β-unsaturated/α-hetero) is 1. The molecule has 0 spiro atoms. The van der Waals surface area contributed by atoms with Gasteiger partial charge in [0.1, 0.15) is 5.78 Å². The third-order valence-electron chi connectivity index (χ3n) is 2.42. The van der Waals surface area contributed by atoms with Gasteiger partial charge in [0.2, 0.25) is 0 Å². The number of hydrogen-bond donors (Lipinski definition) is 0. The predicted octanol–water partition coefficient (Wildman–Crippen LogP) is 2.76. The molecule has 2 nitrogen and oxygen atoms in total. The van der Waals surface area contributed by atoms with E-state index in [9.17, 15) is 4.79 Å². The zero-order chi connectivity index (χ0) is 9.36. The molecule has 13 heavy (non-hydrogen) atoms. The van der Waals surface area contributed by atoms with Crippen molar-refractivity contribution in [2.24, 2.45) is 4.99 Å². The highest BCUT2D eigenvalue weighted by Crippen LogP contribution is 2.08. The molecule has 74 valence electrons. The van der Waals surface area contributed by atoms with E-state index in [1.54, 1.807) is 0 Å². The van der Waals surface area contributed by atoms with Crippen molar-refractivity contribution < 1.29 is 4.79 Å². The van der Waals surface area contributed by atoms with Crippen LogP contribution in [0.4, 0.5) is 0 Å². The standard InChI is InChI=1S/C11H19NO/c13-11-7-4-2-1-3-5-9-12-10-6-8-11/h10H,1-9H2. The molecule has 0 aromatic heterocycles. The zero-order valence-electron chi connectivity index (χ0n) is 8.30. The Bertz CT molecular complexity index is 175. The Balaban J connectivity index is 2.25. The van der Waals surface area contributed by atoms with Gasteiger partial charge in [0.25, 0.3) is 0 Å². The summed E-state index contributed by atoms with van der Waals surface area (Å²) < 4.78 is 0. The van der Waals surface area contributed by atoms with E-state index >= 15 is 0 Å². The van der Waals surface area contributed by atoms with E-state index < -0.39 is 0 Å². The van der Waals surface area contributed by atoms with E-state index in [2.05, 4.69) is 4.99 Å². The van der Waals surface area contributed by atoms with Crippen LogP contribution in [0.5, 0.6) is 0 Å². The Morgan fingerprint density at radius 1 is 1.00 bits per heavy atom. The average molecular weight is 181 g/mol. The molecule has 2 heteroatoms. The van der Waals surface area contributed by atoms with Crippen LogP contribution in [-0.4, -0.2) is 18.5 Å². The van der Waals surface area contributed by atoms with Crippen molar-refractivity contribution in [2.75, 3.05) is 6.54 Å². The van der Waals surface area contributed by atoms with Crippen molar-refractivity contribution in [3.05, 3.63) is 0 Å². The van der Waals surface area contributed by atoms with Crippen LogP contribution in [0.15, 0.2) is 4.99 Å². The van der Waals surface area contributed by atoms with Crippen LogP contribution in [0, 0.1) is 0 Å². The molecule has 0 aromatic rings. The Morgan fingerprint density at radius 2 is 1.77 bits per heavy atom. The van der Waals surface area contributed by atoms with Crippen molar-refractivity contribution in [1.82, 2.24) is 0 Å². The van der Waals surface area contributed by atoms with Gasteiger partial charge in [-0.1, -0.05) is 19.3 Å². The van der Waals surface area contributed by atoms with E-state index in [0.717, 1.165) is 25.8 Å². The van der Waals surface area contributed by atoms with E-state index in [1.807, 2.05) is 6.21 Å². The molecule has 1 aliphatic heterocycles. The van der Waals surface area contributed by atoms with Crippen LogP contribution in [0.25, 0.3) is 0 Å². The molecule has 0 bridgehead atoms. The first kappa shape index (κ1) is 10.4. The average Bonchev–Trinajstić information content (AvgIpc) is 2.11. The van der Waals surface area contributed by atoms with Gasteiger partial charge >= 0.3 is 0 Å². The molecule has 0 N–H and O–H groups in total. The minimum absolute atomic E-state index is 0.409. The Labute approximate surface area is 80.4 Å². The van der Waals surface area contributed by atoms with Gasteiger partial charge in [-0.25, -0.2) is 0 Å². The first-order chi connectivity index (χ1) is 6.39. The van der Waals surface area contributed by atoms with Crippen molar-refractivity contribution in [3.8, 4) is 0 Å². The first-order valence-electron chi connectivity index (χ1n) is 5.39. The van der Waals surface area contributed by atoms with Crippen LogP contribution in [-0.2, 0) is 4.79 Å². The Kier molecular flexibility index (Phi) is 5.46. The molecule has 0 unspecified atom stereocenters. The summed E-state index contributed by atoms with van der Waals surface area (Å²) in [6.07, 6.45) is 10.3. The quantitative estimate of drug-likeness (QED) is 0.565. The van der Waals surface area contributed by atoms with Gasteiger partial charge in [0.05, 0.1) is 0 Å². The number of rotatable bonds is 0. The maximum atomic E-state index is 11.2. The summed E-state index contributed by atoms with van der Waals surface area (Å²) in [5.74, 6) is 0.409. The number of hydrogen-bond acceptors (Lipinski definition) is 2. The fourth-order valence-electron chi connectivity index (χ4n) is 1.59. The second kappa shape index (κ2) is 6.81.